The highest BCUT2D eigenvalue weighted by atomic mass is 16.2. The van der Waals surface area contributed by atoms with Crippen LogP contribution >= 0.6 is 0 Å². The Morgan fingerprint density at radius 1 is 1.15 bits per heavy atom. The summed E-state index contributed by atoms with van der Waals surface area (Å²) in [6, 6.07) is 12.1. The number of hydrogen-bond donors (Lipinski definition) is 1. The summed E-state index contributed by atoms with van der Waals surface area (Å²) in [7, 11) is 0. The van der Waals surface area contributed by atoms with E-state index in [0.29, 0.717) is 19.0 Å². The maximum absolute atomic E-state index is 12.8. The Morgan fingerprint density at radius 2 is 1.96 bits per heavy atom. The number of hydrogen-bond acceptors (Lipinski definition) is 4. The molecule has 26 heavy (non-hydrogen) atoms. The number of piperidine rings is 1. The van der Waals surface area contributed by atoms with Crippen molar-refractivity contribution in [3.05, 3.63) is 58.4 Å². The van der Waals surface area contributed by atoms with Crippen LogP contribution in [-0.4, -0.2) is 32.4 Å². The van der Waals surface area contributed by atoms with Gasteiger partial charge in [0.05, 0.1) is 17.8 Å². The third-order valence-electron chi connectivity index (χ3n) is 5.21. The molecule has 0 bridgehead atoms. The van der Waals surface area contributed by atoms with Crippen molar-refractivity contribution in [2.24, 2.45) is 5.92 Å². The van der Waals surface area contributed by atoms with Crippen molar-refractivity contribution in [1.82, 2.24) is 24.6 Å². The normalized spacial score (nSPS) is 15.6. The first-order valence-corrected chi connectivity index (χ1v) is 9.46. The Balaban J connectivity index is 1.60. The van der Waals surface area contributed by atoms with Crippen molar-refractivity contribution in [2.75, 3.05) is 13.1 Å². The lowest BCUT2D eigenvalue weighted by Gasteiger charge is -2.21. The van der Waals surface area contributed by atoms with E-state index >= 15 is 0 Å². The highest BCUT2D eigenvalue weighted by molar-refractivity contribution is 5.78. The second-order valence-electron chi connectivity index (χ2n) is 6.99. The first-order chi connectivity index (χ1) is 12.7. The Morgan fingerprint density at radius 3 is 2.77 bits per heavy atom. The number of fused-ring (bicyclic) bond motifs is 1. The van der Waals surface area contributed by atoms with Crippen molar-refractivity contribution >= 4 is 10.9 Å². The molecule has 0 radical (unpaired) electrons. The topological polar surface area (TPSA) is 64.7 Å². The summed E-state index contributed by atoms with van der Waals surface area (Å²) in [5.41, 5.74) is 1.77. The minimum atomic E-state index is -0.0357. The summed E-state index contributed by atoms with van der Waals surface area (Å²) in [6.07, 6.45) is 3.18. The average molecular weight is 351 g/mol. The zero-order valence-corrected chi connectivity index (χ0v) is 15.2. The summed E-state index contributed by atoms with van der Waals surface area (Å²) < 4.78 is 3.38. The molecular formula is C20H25N5O. The van der Waals surface area contributed by atoms with Crippen molar-refractivity contribution in [3.8, 4) is 0 Å². The summed E-state index contributed by atoms with van der Waals surface area (Å²) in [6.45, 7) is 5.19. The monoisotopic (exact) mass is 351 g/mol. The predicted molar refractivity (Wildman–Crippen MR) is 102 cm³/mol. The molecule has 3 heterocycles. The fraction of sp³-hybridized carbons (Fsp3) is 0.450. The van der Waals surface area contributed by atoms with Crippen molar-refractivity contribution in [3.63, 3.8) is 0 Å². The molecule has 0 amide bonds. The molecule has 1 aliphatic heterocycles. The predicted octanol–water partition coefficient (Wildman–Crippen LogP) is 2.20. The number of nitrogens with zero attached hydrogens (tertiary/aromatic N) is 4. The van der Waals surface area contributed by atoms with Gasteiger partial charge in [0.2, 0.25) is 0 Å². The van der Waals surface area contributed by atoms with Gasteiger partial charge in [-0.1, -0.05) is 24.3 Å². The van der Waals surface area contributed by atoms with Gasteiger partial charge in [0.15, 0.2) is 0 Å². The smallest absolute Gasteiger partial charge is 0.317 e. The number of pyridine rings is 1. The van der Waals surface area contributed by atoms with Crippen LogP contribution in [0.3, 0.4) is 0 Å². The summed E-state index contributed by atoms with van der Waals surface area (Å²) >= 11 is 0. The van der Waals surface area contributed by atoms with Crippen LogP contribution in [0.2, 0.25) is 0 Å². The molecule has 136 valence electrons. The molecule has 1 aliphatic rings. The first-order valence-electron chi connectivity index (χ1n) is 9.46. The van der Waals surface area contributed by atoms with E-state index in [1.54, 1.807) is 4.68 Å². The maximum Gasteiger partial charge on any atom is 0.346 e. The quantitative estimate of drug-likeness (QED) is 0.765. The maximum atomic E-state index is 12.8. The third-order valence-corrected chi connectivity index (χ3v) is 5.21. The lowest BCUT2D eigenvalue weighted by atomic mass is 9.94. The second kappa shape index (κ2) is 7.41. The zero-order valence-electron chi connectivity index (χ0n) is 15.2. The third kappa shape index (κ3) is 3.42. The molecule has 0 atom stereocenters. The van der Waals surface area contributed by atoms with E-state index in [-0.39, 0.29) is 5.69 Å². The van der Waals surface area contributed by atoms with Gasteiger partial charge in [0.25, 0.3) is 0 Å². The molecule has 2 aromatic heterocycles. The average Bonchev–Trinajstić information content (AvgIpc) is 2.96. The van der Waals surface area contributed by atoms with Crippen molar-refractivity contribution in [1.29, 1.82) is 0 Å². The van der Waals surface area contributed by atoms with Crippen molar-refractivity contribution in [2.45, 2.75) is 39.3 Å². The standard InChI is InChI=1S/C20H25N5O/c1-2-24-19(13-15-9-11-21-12-10-15)23-25(20(24)26)14-17-8-7-16-5-3-4-6-18(16)22-17/h3-8,15,21H,2,9-14H2,1H3. The first kappa shape index (κ1) is 17.0. The van der Waals surface area contributed by atoms with Gasteiger partial charge in [-0.05, 0) is 50.9 Å². The minimum Gasteiger partial charge on any atom is -0.317 e. The Bertz CT molecular complexity index is 952. The largest absolute Gasteiger partial charge is 0.346 e. The molecule has 0 spiro atoms. The van der Waals surface area contributed by atoms with Gasteiger partial charge in [0, 0.05) is 18.4 Å². The van der Waals surface area contributed by atoms with Crippen LogP contribution in [0.1, 0.15) is 31.3 Å². The zero-order chi connectivity index (χ0) is 17.9. The van der Waals surface area contributed by atoms with E-state index in [4.69, 9.17) is 0 Å². The van der Waals surface area contributed by atoms with E-state index in [1.807, 2.05) is 41.8 Å². The number of aromatic nitrogens is 4. The van der Waals surface area contributed by atoms with Crippen LogP contribution in [0.4, 0.5) is 0 Å². The van der Waals surface area contributed by atoms with Gasteiger partial charge in [-0.2, -0.15) is 5.10 Å². The molecule has 3 aromatic rings. The molecular weight excluding hydrogens is 326 g/mol. The van der Waals surface area contributed by atoms with Gasteiger partial charge in [-0.15, -0.1) is 0 Å². The summed E-state index contributed by atoms with van der Waals surface area (Å²) in [4.78, 5) is 17.4. The molecule has 1 saturated heterocycles. The molecule has 0 unspecified atom stereocenters. The van der Waals surface area contributed by atoms with Crippen LogP contribution in [-0.2, 0) is 19.5 Å². The number of para-hydroxylation sites is 1. The van der Waals surface area contributed by atoms with Crippen LogP contribution in [0, 0.1) is 5.92 Å². The molecule has 0 saturated carbocycles. The van der Waals surface area contributed by atoms with Crippen LogP contribution in [0.5, 0.6) is 0 Å². The van der Waals surface area contributed by atoms with E-state index in [0.717, 1.165) is 54.8 Å². The van der Waals surface area contributed by atoms with Crippen LogP contribution in [0.15, 0.2) is 41.2 Å². The van der Waals surface area contributed by atoms with E-state index in [9.17, 15) is 4.79 Å². The molecule has 6 heteroatoms. The SMILES string of the molecule is CCn1c(CC2CCNCC2)nn(Cc2ccc3ccccc3n2)c1=O. The van der Waals surface area contributed by atoms with Gasteiger partial charge in [-0.25, -0.2) is 9.48 Å². The molecule has 1 N–H and O–H groups in total. The second-order valence-corrected chi connectivity index (χ2v) is 6.99. The minimum absolute atomic E-state index is 0.0357. The molecule has 6 nitrogen and oxygen atoms in total. The van der Waals surface area contributed by atoms with Crippen LogP contribution < -0.4 is 11.0 Å². The lowest BCUT2D eigenvalue weighted by molar-refractivity contribution is 0.362. The van der Waals surface area contributed by atoms with Gasteiger partial charge in [-0.3, -0.25) is 9.55 Å². The number of benzene rings is 1. The number of nitrogens with one attached hydrogen (secondary N) is 1. The van der Waals surface area contributed by atoms with Crippen LogP contribution in [0.25, 0.3) is 10.9 Å². The van der Waals surface area contributed by atoms with Gasteiger partial charge < -0.3 is 5.32 Å². The Labute approximate surface area is 152 Å². The fourth-order valence-electron chi connectivity index (χ4n) is 3.75. The molecule has 1 fully saturated rings. The molecule has 0 aliphatic carbocycles. The number of rotatable bonds is 5. The fourth-order valence-corrected chi connectivity index (χ4v) is 3.75. The van der Waals surface area contributed by atoms with E-state index in [1.165, 1.54) is 0 Å². The highest BCUT2D eigenvalue weighted by Crippen LogP contribution is 2.17. The lowest BCUT2D eigenvalue weighted by Crippen LogP contribution is -2.30. The van der Waals surface area contributed by atoms with Crippen molar-refractivity contribution < 1.29 is 0 Å². The summed E-state index contributed by atoms with van der Waals surface area (Å²) in [5, 5.41) is 9.15. The van der Waals surface area contributed by atoms with E-state index < -0.39 is 0 Å². The van der Waals surface area contributed by atoms with E-state index in [2.05, 4.69) is 21.5 Å². The Hall–Kier alpha value is -2.47. The Kier molecular flexibility index (Phi) is 4.84. The molecule has 4 rings (SSSR count). The molecule has 1 aromatic carbocycles. The van der Waals surface area contributed by atoms with Gasteiger partial charge in [0.1, 0.15) is 5.82 Å². The van der Waals surface area contributed by atoms with Gasteiger partial charge >= 0.3 is 5.69 Å². The highest BCUT2D eigenvalue weighted by Gasteiger charge is 2.19. The summed E-state index contributed by atoms with van der Waals surface area (Å²) in [5.74, 6) is 1.51.